The fourth-order valence-corrected chi connectivity index (χ4v) is 4.85. The van der Waals surface area contributed by atoms with Crippen molar-refractivity contribution >= 4 is 34.2 Å². The van der Waals surface area contributed by atoms with Crippen LogP contribution in [0.2, 0.25) is 5.02 Å². The predicted octanol–water partition coefficient (Wildman–Crippen LogP) is 6.30. The van der Waals surface area contributed by atoms with E-state index in [1.807, 2.05) is 59.5 Å². The molecule has 1 unspecified atom stereocenters. The van der Waals surface area contributed by atoms with E-state index in [1.165, 1.54) is 5.56 Å². The second-order valence-electron chi connectivity index (χ2n) is 8.89. The molecule has 1 aliphatic rings. The maximum absolute atomic E-state index is 13.0. The molecule has 6 heteroatoms. The number of aryl methyl sites for hydroxylation is 2. The number of hydrogen-bond donors (Lipinski definition) is 0. The summed E-state index contributed by atoms with van der Waals surface area (Å²) in [5, 5.41) is 0.697. The van der Waals surface area contributed by atoms with Crippen LogP contribution in [0.4, 0.5) is 5.69 Å². The minimum absolute atomic E-state index is 0.0528. The normalized spacial score (nSPS) is 15.9. The van der Waals surface area contributed by atoms with Crippen LogP contribution in [0, 0.1) is 13.8 Å². The zero-order valence-corrected chi connectivity index (χ0v) is 20.3. The summed E-state index contributed by atoms with van der Waals surface area (Å²) in [4.78, 5) is 20.0. The van der Waals surface area contributed by atoms with Gasteiger partial charge in [0.25, 0.3) is 0 Å². The standard InChI is InChI=1S/C28H28ClN3O2/c1-19-7-5-10-25(20(19)2)32-18-21(17-27(32)33)28-30-24-8-3-4-9-26(24)31(28)15-6-16-34-23-13-11-22(29)12-14-23/h3-5,7-14,21H,6,15-18H2,1-2H3. The van der Waals surface area contributed by atoms with Crippen LogP contribution in [0.25, 0.3) is 11.0 Å². The van der Waals surface area contributed by atoms with Crippen LogP contribution in [-0.2, 0) is 11.3 Å². The number of carbonyl (C=O) groups is 1. The van der Waals surface area contributed by atoms with Crippen molar-refractivity contribution in [2.75, 3.05) is 18.1 Å². The molecule has 0 bridgehead atoms. The minimum atomic E-state index is 0.0528. The highest BCUT2D eigenvalue weighted by molar-refractivity contribution is 6.30. The SMILES string of the molecule is Cc1cccc(N2CC(c3nc4ccccc4n3CCCOc3ccc(Cl)cc3)CC2=O)c1C. The number of rotatable bonds is 7. The first-order chi connectivity index (χ1) is 16.5. The van der Waals surface area contributed by atoms with E-state index in [9.17, 15) is 4.79 Å². The number of hydrogen-bond acceptors (Lipinski definition) is 3. The third-order valence-electron chi connectivity index (χ3n) is 6.65. The van der Waals surface area contributed by atoms with Crippen molar-refractivity contribution in [1.82, 2.24) is 9.55 Å². The van der Waals surface area contributed by atoms with Gasteiger partial charge in [-0.25, -0.2) is 4.98 Å². The Labute approximate surface area is 204 Å². The zero-order chi connectivity index (χ0) is 23.7. The van der Waals surface area contributed by atoms with Crippen molar-refractivity contribution < 1.29 is 9.53 Å². The molecule has 34 heavy (non-hydrogen) atoms. The summed E-state index contributed by atoms with van der Waals surface area (Å²) in [7, 11) is 0. The molecule has 0 aliphatic carbocycles. The molecule has 5 nitrogen and oxygen atoms in total. The van der Waals surface area contributed by atoms with E-state index in [0.717, 1.165) is 46.8 Å². The monoisotopic (exact) mass is 473 g/mol. The zero-order valence-electron chi connectivity index (χ0n) is 19.5. The molecule has 1 aliphatic heterocycles. The van der Waals surface area contributed by atoms with E-state index in [1.54, 1.807) is 0 Å². The molecule has 1 saturated heterocycles. The van der Waals surface area contributed by atoms with Gasteiger partial charge < -0.3 is 14.2 Å². The maximum Gasteiger partial charge on any atom is 0.227 e. The molecule has 1 amide bonds. The second-order valence-corrected chi connectivity index (χ2v) is 9.33. The van der Waals surface area contributed by atoms with Gasteiger partial charge in [-0.15, -0.1) is 0 Å². The van der Waals surface area contributed by atoms with Gasteiger partial charge in [-0.1, -0.05) is 35.9 Å². The Morgan fingerprint density at radius 1 is 1.03 bits per heavy atom. The Morgan fingerprint density at radius 2 is 1.82 bits per heavy atom. The molecule has 0 radical (unpaired) electrons. The summed E-state index contributed by atoms with van der Waals surface area (Å²) in [6.07, 6.45) is 1.30. The third-order valence-corrected chi connectivity index (χ3v) is 6.90. The molecular formula is C28H28ClN3O2. The van der Waals surface area contributed by atoms with Crippen molar-refractivity contribution in [3.05, 3.63) is 88.7 Å². The fraction of sp³-hybridized carbons (Fsp3) is 0.286. The number of aromatic nitrogens is 2. The number of nitrogens with zero attached hydrogens (tertiary/aromatic N) is 3. The van der Waals surface area contributed by atoms with Crippen LogP contribution in [0.5, 0.6) is 5.75 Å². The molecule has 0 N–H and O–H groups in total. The molecule has 2 heterocycles. The molecule has 4 aromatic rings. The van der Waals surface area contributed by atoms with Gasteiger partial charge in [0.2, 0.25) is 5.91 Å². The Bertz CT molecular complexity index is 1330. The van der Waals surface area contributed by atoms with Crippen molar-refractivity contribution in [3.63, 3.8) is 0 Å². The second kappa shape index (κ2) is 9.51. The predicted molar refractivity (Wildman–Crippen MR) is 137 cm³/mol. The third kappa shape index (κ3) is 4.40. The van der Waals surface area contributed by atoms with Crippen LogP contribution in [0.1, 0.15) is 35.7 Å². The summed E-state index contributed by atoms with van der Waals surface area (Å²) < 4.78 is 8.17. The van der Waals surface area contributed by atoms with Gasteiger partial charge in [0.05, 0.1) is 17.6 Å². The average molecular weight is 474 g/mol. The van der Waals surface area contributed by atoms with E-state index in [2.05, 4.69) is 30.5 Å². The lowest BCUT2D eigenvalue weighted by Gasteiger charge is -2.20. The number of benzene rings is 3. The van der Waals surface area contributed by atoms with Crippen LogP contribution in [0.15, 0.2) is 66.7 Å². The van der Waals surface area contributed by atoms with Gasteiger partial charge in [0.15, 0.2) is 0 Å². The van der Waals surface area contributed by atoms with Crippen molar-refractivity contribution in [1.29, 1.82) is 0 Å². The molecule has 5 rings (SSSR count). The summed E-state index contributed by atoms with van der Waals surface area (Å²) in [5.74, 6) is 2.00. The first-order valence-electron chi connectivity index (χ1n) is 11.7. The van der Waals surface area contributed by atoms with E-state index < -0.39 is 0 Å². The van der Waals surface area contributed by atoms with Gasteiger partial charge >= 0.3 is 0 Å². The van der Waals surface area contributed by atoms with Gasteiger partial charge in [-0.3, -0.25) is 4.79 Å². The largest absolute Gasteiger partial charge is 0.494 e. The van der Waals surface area contributed by atoms with Gasteiger partial charge in [-0.2, -0.15) is 0 Å². The molecular weight excluding hydrogens is 446 g/mol. The van der Waals surface area contributed by atoms with Gasteiger partial charge in [0, 0.05) is 36.1 Å². The highest BCUT2D eigenvalue weighted by Crippen LogP contribution is 2.35. The van der Waals surface area contributed by atoms with Crippen molar-refractivity contribution in [2.24, 2.45) is 0 Å². The number of halogens is 1. The topological polar surface area (TPSA) is 47.4 Å². The van der Waals surface area contributed by atoms with Crippen LogP contribution >= 0.6 is 11.6 Å². The molecule has 1 fully saturated rings. The number of para-hydroxylation sites is 2. The Morgan fingerprint density at radius 3 is 2.65 bits per heavy atom. The number of fused-ring (bicyclic) bond motifs is 1. The van der Waals surface area contributed by atoms with Gasteiger partial charge in [-0.05, 0) is 73.9 Å². The summed E-state index contributed by atoms with van der Waals surface area (Å²) in [5.41, 5.74) is 5.42. The molecule has 0 spiro atoms. The number of carbonyl (C=O) groups excluding carboxylic acids is 1. The molecule has 0 saturated carbocycles. The first-order valence-corrected chi connectivity index (χ1v) is 12.1. The van der Waals surface area contributed by atoms with Crippen molar-refractivity contribution in [3.8, 4) is 5.75 Å². The van der Waals surface area contributed by atoms with Crippen LogP contribution in [0.3, 0.4) is 0 Å². The number of anilines is 1. The fourth-order valence-electron chi connectivity index (χ4n) is 4.73. The van der Waals surface area contributed by atoms with Crippen LogP contribution in [-0.4, -0.2) is 28.6 Å². The van der Waals surface area contributed by atoms with E-state index in [0.29, 0.717) is 24.6 Å². The highest BCUT2D eigenvalue weighted by Gasteiger charge is 2.35. The lowest BCUT2D eigenvalue weighted by molar-refractivity contribution is -0.117. The maximum atomic E-state index is 13.0. The Kier molecular flexibility index (Phi) is 6.29. The summed E-state index contributed by atoms with van der Waals surface area (Å²) in [6.45, 7) is 6.18. The number of amides is 1. The molecule has 174 valence electrons. The summed E-state index contributed by atoms with van der Waals surface area (Å²) in [6, 6.07) is 21.8. The Hall–Kier alpha value is -3.31. The lowest BCUT2D eigenvalue weighted by Crippen LogP contribution is -2.25. The number of ether oxygens (including phenoxy) is 1. The Balaban J connectivity index is 1.36. The molecule has 1 atom stereocenters. The van der Waals surface area contributed by atoms with E-state index in [-0.39, 0.29) is 11.8 Å². The molecule has 1 aromatic heterocycles. The minimum Gasteiger partial charge on any atom is -0.494 e. The van der Waals surface area contributed by atoms with E-state index >= 15 is 0 Å². The highest BCUT2D eigenvalue weighted by atomic mass is 35.5. The quantitative estimate of drug-likeness (QED) is 0.296. The average Bonchev–Trinajstić information content (AvgIpc) is 3.40. The summed E-state index contributed by atoms with van der Waals surface area (Å²) >= 11 is 5.96. The lowest BCUT2D eigenvalue weighted by atomic mass is 10.1. The molecule has 3 aromatic carbocycles. The van der Waals surface area contributed by atoms with Crippen molar-refractivity contribution in [2.45, 2.75) is 39.2 Å². The number of imidazole rings is 1. The van der Waals surface area contributed by atoms with Gasteiger partial charge in [0.1, 0.15) is 11.6 Å². The van der Waals surface area contributed by atoms with Crippen LogP contribution < -0.4 is 9.64 Å². The first kappa shape index (κ1) is 22.5. The van der Waals surface area contributed by atoms with E-state index in [4.69, 9.17) is 21.3 Å². The smallest absolute Gasteiger partial charge is 0.227 e.